The first kappa shape index (κ1) is 9.18. The molecule has 5 heteroatoms. The van der Waals surface area contributed by atoms with Gasteiger partial charge in [0.05, 0.1) is 0 Å². The number of rotatable bonds is 4. The van der Waals surface area contributed by atoms with Crippen molar-refractivity contribution >= 4 is 5.91 Å². The van der Waals surface area contributed by atoms with E-state index in [0.717, 1.165) is 24.5 Å². The zero-order valence-electron chi connectivity index (χ0n) is 8.21. The molecule has 1 saturated carbocycles. The Hall–Kier alpha value is -1.39. The fourth-order valence-electron chi connectivity index (χ4n) is 1.29. The van der Waals surface area contributed by atoms with Crippen LogP contribution < -0.4 is 5.32 Å². The van der Waals surface area contributed by atoms with E-state index < -0.39 is 0 Å². The SMILES string of the molecule is Cc1nc(CCNC(=O)C2CC2)n[nH]1. The summed E-state index contributed by atoms with van der Waals surface area (Å²) in [5, 5.41) is 9.62. The molecule has 1 heterocycles. The first-order valence-electron chi connectivity index (χ1n) is 4.91. The van der Waals surface area contributed by atoms with Gasteiger partial charge in [-0.3, -0.25) is 9.89 Å². The van der Waals surface area contributed by atoms with Crippen LogP contribution in [0.15, 0.2) is 0 Å². The third-order valence-corrected chi connectivity index (χ3v) is 2.24. The quantitative estimate of drug-likeness (QED) is 0.718. The summed E-state index contributed by atoms with van der Waals surface area (Å²) in [6, 6.07) is 0. The van der Waals surface area contributed by atoms with Crippen molar-refractivity contribution in [3.05, 3.63) is 11.6 Å². The Morgan fingerprint density at radius 2 is 2.43 bits per heavy atom. The summed E-state index contributed by atoms with van der Waals surface area (Å²) in [6.45, 7) is 2.49. The summed E-state index contributed by atoms with van der Waals surface area (Å²) in [5.74, 6) is 2.04. The monoisotopic (exact) mass is 194 g/mol. The molecule has 0 bridgehead atoms. The van der Waals surface area contributed by atoms with Crippen molar-refractivity contribution in [3.8, 4) is 0 Å². The lowest BCUT2D eigenvalue weighted by atomic mass is 10.3. The predicted octanol–water partition coefficient (Wildman–Crippen LogP) is 0.182. The molecule has 1 aromatic heterocycles. The van der Waals surface area contributed by atoms with Gasteiger partial charge in [0.1, 0.15) is 5.82 Å². The Balaban J connectivity index is 1.69. The normalized spacial score (nSPS) is 15.5. The van der Waals surface area contributed by atoms with Crippen molar-refractivity contribution in [2.45, 2.75) is 26.2 Å². The summed E-state index contributed by atoms with van der Waals surface area (Å²) in [4.78, 5) is 15.4. The highest BCUT2D eigenvalue weighted by Gasteiger charge is 2.29. The van der Waals surface area contributed by atoms with Gasteiger partial charge >= 0.3 is 0 Å². The molecule has 1 fully saturated rings. The molecule has 2 rings (SSSR count). The van der Waals surface area contributed by atoms with Gasteiger partial charge in [-0.2, -0.15) is 5.10 Å². The summed E-state index contributed by atoms with van der Waals surface area (Å²) in [5.41, 5.74) is 0. The average molecular weight is 194 g/mol. The molecule has 0 aromatic carbocycles. The highest BCUT2D eigenvalue weighted by molar-refractivity contribution is 5.80. The van der Waals surface area contributed by atoms with Gasteiger partial charge in [-0.1, -0.05) is 0 Å². The van der Waals surface area contributed by atoms with Crippen molar-refractivity contribution in [3.63, 3.8) is 0 Å². The highest BCUT2D eigenvalue weighted by Crippen LogP contribution is 2.28. The van der Waals surface area contributed by atoms with Crippen LogP contribution in [0, 0.1) is 12.8 Å². The molecular formula is C9H14N4O. The van der Waals surface area contributed by atoms with Crippen molar-refractivity contribution < 1.29 is 4.79 Å². The van der Waals surface area contributed by atoms with Crippen LogP contribution in [0.2, 0.25) is 0 Å². The molecule has 0 saturated heterocycles. The largest absolute Gasteiger partial charge is 0.355 e. The molecule has 0 atom stereocenters. The first-order chi connectivity index (χ1) is 6.75. The molecule has 76 valence electrons. The maximum atomic E-state index is 11.2. The van der Waals surface area contributed by atoms with Crippen LogP contribution in [0.5, 0.6) is 0 Å². The highest BCUT2D eigenvalue weighted by atomic mass is 16.2. The Kier molecular flexibility index (Phi) is 2.47. The van der Waals surface area contributed by atoms with E-state index >= 15 is 0 Å². The standard InChI is InChI=1S/C9H14N4O/c1-6-11-8(13-12-6)4-5-10-9(14)7-2-3-7/h7H,2-5H2,1H3,(H,10,14)(H,11,12,13). The smallest absolute Gasteiger partial charge is 0.223 e. The number of nitrogens with zero attached hydrogens (tertiary/aromatic N) is 2. The predicted molar refractivity (Wildman–Crippen MR) is 50.6 cm³/mol. The van der Waals surface area contributed by atoms with E-state index in [1.807, 2.05) is 6.92 Å². The topological polar surface area (TPSA) is 70.7 Å². The number of carbonyl (C=O) groups excluding carboxylic acids is 1. The van der Waals surface area contributed by atoms with E-state index in [4.69, 9.17) is 0 Å². The minimum absolute atomic E-state index is 0.178. The molecule has 0 radical (unpaired) electrons. The molecule has 0 unspecified atom stereocenters. The number of amides is 1. The average Bonchev–Trinajstić information content (AvgIpc) is 2.92. The van der Waals surface area contributed by atoms with Crippen LogP contribution in [0.1, 0.15) is 24.5 Å². The lowest BCUT2D eigenvalue weighted by Gasteiger charge is -2.00. The fraction of sp³-hybridized carbons (Fsp3) is 0.667. The van der Waals surface area contributed by atoms with Crippen LogP contribution in [0.4, 0.5) is 0 Å². The van der Waals surface area contributed by atoms with Gasteiger partial charge in [-0.25, -0.2) is 4.98 Å². The van der Waals surface area contributed by atoms with Gasteiger partial charge in [0.15, 0.2) is 5.82 Å². The molecule has 2 N–H and O–H groups in total. The molecule has 1 aliphatic rings. The van der Waals surface area contributed by atoms with E-state index in [-0.39, 0.29) is 11.8 Å². The number of aromatic amines is 1. The Bertz CT molecular complexity index is 329. The van der Waals surface area contributed by atoms with Gasteiger partial charge in [-0.05, 0) is 19.8 Å². The molecule has 1 amide bonds. The number of aromatic nitrogens is 3. The maximum absolute atomic E-state index is 11.2. The van der Waals surface area contributed by atoms with Crippen LogP contribution in [0.3, 0.4) is 0 Å². The number of H-pyrrole nitrogens is 1. The number of aryl methyl sites for hydroxylation is 1. The molecule has 14 heavy (non-hydrogen) atoms. The summed E-state index contributed by atoms with van der Waals surface area (Å²) >= 11 is 0. The molecular weight excluding hydrogens is 180 g/mol. The second kappa shape index (κ2) is 3.77. The molecule has 5 nitrogen and oxygen atoms in total. The number of carbonyl (C=O) groups is 1. The minimum atomic E-state index is 0.178. The van der Waals surface area contributed by atoms with E-state index in [1.165, 1.54) is 0 Å². The van der Waals surface area contributed by atoms with Crippen molar-refractivity contribution in [1.29, 1.82) is 0 Å². The van der Waals surface area contributed by atoms with E-state index in [1.54, 1.807) is 0 Å². The lowest BCUT2D eigenvalue weighted by molar-refractivity contribution is -0.122. The Labute approximate surface area is 82.3 Å². The molecule has 0 spiro atoms. The van der Waals surface area contributed by atoms with Crippen molar-refractivity contribution in [1.82, 2.24) is 20.5 Å². The fourth-order valence-corrected chi connectivity index (χ4v) is 1.29. The zero-order chi connectivity index (χ0) is 9.97. The number of nitrogens with one attached hydrogen (secondary N) is 2. The maximum Gasteiger partial charge on any atom is 0.223 e. The molecule has 1 aromatic rings. The van der Waals surface area contributed by atoms with Crippen LogP contribution in [0.25, 0.3) is 0 Å². The number of hydrogen-bond donors (Lipinski definition) is 2. The van der Waals surface area contributed by atoms with Crippen molar-refractivity contribution in [2.75, 3.05) is 6.54 Å². The molecule has 0 aliphatic heterocycles. The van der Waals surface area contributed by atoms with Gasteiger partial charge in [0.25, 0.3) is 0 Å². The van der Waals surface area contributed by atoms with Crippen LogP contribution in [-0.2, 0) is 11.2 Å². The van der Waals surface area contributed by atoms with Gasteiger partial charge in [-0.15, -0.1) is 0 Å². The van der Waals surface area contributed by atoms with Gasteiger partial charge in [0.2, 0.25) is 5.91 Å². The Morgan fingerprint density at radius 1 is 1.64 bits per heavy atom. The number of hydrogen-bond acceptors (Lipinski definition) is 3. The van der Waals surface area contributed by atoms with Crippen molar-refractivity contribution in [2.24, 2.45) is 5.92 Å². The van der Waals surface area contributed by atoms with E-state index in [2.05, 4.69) is 20.5 Å². The van der Waals surface area contributed by atoms with Crippen LogP contribution >= 0.6 is 0 Å². The first-order valence-corrected chi connectivity index (χ1v) is 4.91. The Morgan fingerprint density at radius 3 is 3.00 bits per heavy atom. The van der Waals surface area contributed by atoms with E-state index in [9.17, 15) is 4.79 Å². The van der Waals surface area contributed by atoms with Crippen LogP contribution in [-0.4, -0.2) is 27.6 Å². The zero-order valence-corrected chi connectivity index (χ0v) is 8.21. The minimum Gasteiger partial charge on any atom is -0.355 e. The third kappa shape index (κ3) is 2.31. The summed E-state index contributed by atoms with van der Waals surface area (Å²) < 4.78 is 0. The van der Waals surface area contributed by atoms with Gasteiger partial charge in [0, 0.05) is 18.9 Å². The van der Waals surface area contributed by atoms with Gasteiger partial charge < -0.3 is 5.32 Å². The summed E-state index contributed by atoms with van der Waals surface area (Å²) in [7, 11) is 0. The second-order valence-electron chi connectivity index (χ2n) is 3.65. The second-order valence-corrected chi connectivity index (χ2v) is 3.65. The molecule has 1 aliphatic carbocycles. The third-order valence-electron chi connectivity index (χ3n) is 2.24. The lowest BCUT2D eigenvalue weighted by Crippen LogP contribution is -2.27. The van der Waals surface area contributed by atoms with E-state index in [0.29, 0.717) is 13.0 Å². The summed E-state index contributed by atoms with van der Waals surface area (Å²) in [6.07, 6.45) is 2.79.